The minimum atomic E-state index is -0.160. The van der Waals surface area contributed by atoms with Gasteiger partial charge in [0.25, 0.3) is 5.91 Å². The zero-order chi connectivity index (χ0) is 14.9. The average Bonchev–Trinajstić information content (AvgIpc) is 2.36. The van der Waals surface area contributed by atoms with E-state index in [9.17, 15) is 4.79 Å². The number of aryl methyl sites for hydroxylation is 3. The Hall–Kier alpha value is -1.87. The lowest BCUT2D eigenvalue weighted by Crippen LogP contribution is -2.26. The number of rotatable bonds is 2. The zero-order valence-electron chi connectivity index (χ0n) is 12.1. The number of hydrogen-bond donors (Lipinski definition) is 0. The van der Waals surface area contributed by atoms with Gasteiger partial charge in [0.1, 0.15) is 0 Å². The minimum absolute atomic E-state index is 0.160. The lowest BCUT2D eigenvalue weighted by molar-refractivity contribution is 0.0993. The van der Waals surface area contributed by atoms with Crippen LogP contribution in [0.15, 0.2) is 30.5 Å². The van der Waals surface area contributed by atoms with E-state index in [1.165, 1.54) is 6.20 Å². The van der Waals surface area contributed by atoms with E-state index in [0.29, 0.717) is 10.6 Å². The van der Waals surface area contributed by atoms with E-state index in [1.807, 2.05) is 32.9 Å². The standard InChI is InChI=1S/C16H17ClN2O/c1-10-5-11(2)7-13(6-10)19(4)16(20)14-9-18-12(3)8-15(14)17/h5-9H,1-4H3. The fraction of sp³-hybridized carbons (Fsp3) is 0.250. The lowest BCUT2D eigenvalue weighted by atomic mass is 10.1. The largest absolute Gasteiger partial charge is 0.311 e. The smallest absolute Gasteiger partial charge is 0.261 e. The molecule has 0 unspecified atom stereocenters. The van der Waals surface area contributed by atoms with Crippen LogP contribution >= 0.6 is 11.6 Å². The fourth-order valence-corrected chi connectivity index (χ4v) is 2.41. The SMILES string of the molecule is Cc1cc(C)cc(N(C)C(=O)c2cnc(C)cc2Cl)c1. The number of nitrogens with zero attached hydrogens (tertiary/aromatic N) is 2. The van der Waals surface area contributed by atoms with Crippen molar-refractivity contribution in [2.45, 2.75) is 20.8 Å². The summed E-state index contributed by atoms with van der Waals surface area (Å²) in [6.45, 7) is 5.86. The molecule has 1 heterocycles. The van der Waals surface area contributed by atoms with Gasteiger partial charge in [0.05, 0.1) is 10.6 Å². The number of carbonyl (C=O) groups excluding carboxylic acids is 1. The van der Waals surface area contributed by atoms with Gasteiger partial charge < -0.3 is 4.90 Å². The number of benzene rings is 1. The van der Waals surface area contributed by atoms with Crippen molar-refractivity contribution in [2.24, 2.45) is 0 Å². The molecule has 0 N–H and O–H groups in total. The Bertz CT molecular complexity index is 647. The van der Waals surface area contributed by atoms with E-state index in [1.54, 1.807) is 18.0 Å². The number of carbonyl (C=O) groups is 1. The summed E-state index contributed by atoms with van der Waals surface area (Å²) in [6, 6.07) is 7.72. The van der Waals surface area contributed by atoms with E-state index in [0.717, 1.165) is 22.5 Å². The molecule has 0 aliphatic heterocycles. The van der Waals surface area contributed by atoms with Crippen LogP contribution in [0.25, 0.3) is 0 Å². The van der Waals surface area contributed by atoms with Gasteiger partial charge in [0.15, 0.2) is 0 Å². The predicted molar refractivity (Wildman–Crippen MR) is 82.6 cm³/mol. The first-order chi connectivity index (χ1) is 9.38. The average molecular weight is 289 g/mol. The van der Waals surface area contributed by atoms with Crippen LogP contribution in [0.5, 0.6) is 0 Å². The normalized spacial score (nSPS) is 10.4. The van der Waals surface area contributed by atoms with Crippen molar-refractivity contribution >= 4 is 23.2 Å². The van der Waals surface area contributed by atoms with Crippen LogP contribution in [0.1, 0.15) is 27.2 Å². The Kier molecular flexibility index (Phi) is 4.09. The molecule has 0 aliphatic carbocycles. The topological polar surface area (TPSA) is 33.2 Å². The molecule has 0 saturated carbocycles. The predicted octanol–water partition coefficient (Wildman–Crippen LogP) is 3.94. The highest BCUT2D eigenvalue weighted by Crippen LogP contribution is 2.22. The third-order valence-electron chi connectivity index (χ3n) is 3.12. The van der Waals surface area contributed by atoms with Gasteiger partial charge in [0, 0.05) is 24.6 Å². The molecular formula is C16H17ClN2O. The van der Waals surface area contributed by atoms with Gasteiger partial charge in [0.2, 0.25) is 0 Å². The first-order valence-corrected chi connectivity index (χ1v) is 6.75. The number of aromatic nitrogens is 1. The summed E-state index contributed by atoms with van der Waals surface area (Å²) in [5.41, 5.74) is 4.30. The second kappa shape index (κ2) is 5.63. The van der Waals surface area contributed by atoms with E-state index < -0.39 is 0 Å². The van der Waals surface area contributed by atoms with Crippen LogP contribution in [-0.4, -0.2) is 17.9 Å². The van der Waals surface area contributed by atoms with Crippen molar-refractivity contribution in [3.63, 3.8) is 0 Å². The van der Waals surface area contributed by atoms with Gasteiger partial charge in [-0.05, 0) is 50.1 Å². The Labute approximate surface area is 124 Å². The van der Waals surface area contributed by atoms with Crippen molar-refractivity contribution in [1.29, 1.82) is 0 Å². The van der Waals surface area contributed by atoms with Crippen molar-refractivity contribution in [1.82, 2.24) is 4.98 Å². The van der Waals surface area contributed by atoms with Crippen LogP contribution in [0.2, 0.25) is 5.02 Å². The molecule has 104 valence electrons. The molecule has 0 spiro atoms. The van der Waals surface area contributed by atoms with Crippen molar-refractivity contribution in [2.75, 3.05) is 11.9 Å². The minimum Gasteiger partial charge on any atom is -0.311 e. The fourth-order valence-electron chi connectivity index (χ4n) is 2.13. The van der Waals surface area contributed by atoms with Crippen LogP contribution < -0.4 is 4.90 Å². The number of anilines is 1. The van der Waals surface area contributed by atoms with E-state index >= 15 is 0 Å². The second-order valence-corrected chi connectivity index (χ2v) is 5.42. The van der Waals surface area contributed by atoms with Crippen LogP contribution in [0.4, 0.5) is 5.69 Å². The molecule has 3 nitrogen and oxygen atoms in total. The highest BCUT2D eigenvalue weighted by atomic mass is 35.5. The van der Waals surface area contributed by atoms with Gasteiger partial charge in [-0.25, -0.2) is 0 Å². The van der Waals surface area contributed by atoms with Gasteiger partial charge in [-0.1, -0.05) is 17.7 Å². The monoisotopic (exact) mass is 288 g/mol. The molecule has 1 aromatic carbocycles. The van der Waals surface area contributed by atoms with Gasteiger partial charge in [-0.2, -0.15) is 0 Å². The molecule has 0 atom stereocenters. The molecule has 0 bridgehead atoms. The van der Waals surface area contributed by atoms with Crippen LogP contribution in [-0.2, 0) is 0 Å². The van der Waals surface area contributed by atoms with E-state index in [-0.39, 0.29) is 5.91 Å². The maximum Gasteiger partial charge on any atom is 0.261 e. The molecule has 1 amide bonds. The highest BCUT2D eigenvalue weighted by Gasteiger charge is 2.17. The van der Waals surface area contributed by atoms with Crippen LogP contribution in [0.3, 0.4) is 0 Å². The third kappa shape index (κ3) is 2.99. The molecule has 2 rings (SSSR count). The molecule has 4 heteroatoms. The molecule has 0 fully saturated rings. The molecular weight excluding hydrogens is 272 g/mol. The lowest BCUT2D eigenvalue weighted by Gasteiger charge is -2.19. The third-order valence-corrected chi connectivity index (χ3v) is 3.43. The zero-order valence-corrected chi connectivity index (χ0v) is 12.8. The number of pyridine rings is 1. The summed E-state index contributed by atoms with van der Waals surface area (Å²) in [7, 11) is 1.74. The highest BCUT2D eigenvalue weighted by molar-refractivity contribution is 6.34. The first-order valence-electron chi connectivity index (χ1n) is 6.37. The molecule has 0 saturated heterocycles. The van der Waals surface area contributed by atoms with Gasteiger partial charge in [-0.15, -0.1) is 0 Å². The van der Waals surface area contributed by atoms with E-state index in [4.69, 9.17) is 11.6 Å². The summed E-state index contributed by atoms with van der Waals surface area (Å²) in [5, 5.41) is 0.429. The summed E-state index contributed by atoms with van der Waals surface area (Å²) < 4.78 is 0. The Balaban J connectivity index is 2.37. The summed E-state index contributed by atoms with van der Waals surface area (Å²) in [6.07, 6.45) is 1.53. The maximum atomic E-state index is 12.5. The van der Waals surface area contributed by atoms with E-state index in [2.05, 4.69) is 11.1 Å². The van der Waals surface area contributed by atoms with Gasteiger partial charge >= 0.3 is 0 Å². The molecule has 2 aromatic rings. The van der Waals surface area contributed by atoms with Crippen LogP contribution in [0, 0.1) is 20.8 Å². The maximum absolute atomic E-state index is 12.5. The second-order valence-electron chi connectivity index (χ2n) is 5.02. The summed E-state index contributed by atoms with van der Waals surface area (Å²) in [4.78, 5) is 18.2. The number of halogens is 1. The summed E-state index contributed by atoms with van der Waals surface area (Å²) in [5.74, 6) is -0.160. The first kappa shape index (κ1) is 14.5. The Morgan fingerprint density at radius 3 is 2.25 bits per heavy atom. The number of hydrogen-bond acceptors (Lipinski definition) is 2. The molecule has 20 heavy (non-hydrogen) atoms. The van der Waals surface area contributed by atoms with Crippen molar-refractivity contribution in [3.05, 3.63) is 57.9 Å². The Morgan fingerprint density at radius 2 is 1.70 bits per heavy atom. The molecule has 0 aliphatic rings. The molecule has 0 radical (unpaired) electrons. The quantitative estimate of drug-likeness (QED) is 0.839. The Morgan fingerprint density at radius 1 is 1.10 bits per heavy atom. The van der Waals surface area contributed by atoms with Gasteiger partial charge in [-0.3, -0.25) is 9.78 Å². The van der Waals surface area contributed by atoms with Crippen molar-refractivity contribution < 1.29 is 4.79 Å². The number of amides is 1. The summed E-state index contributed by atoms with van der Waals surface area (Å²) >= 11 is 6.13. The van der Waals surface area contributed by atoms with Crippen molar-refractivity contribution in [3.8, 4) is 0 Å². The molecule has 1 aromatic heterocycles.